The van der Waals surface area contributed by atoms with Crippen molar-refractivity contribution in [2.24, 2.45) is 0 Å². The monoisotopic (exact) mass is 932 g/mol. The van der Waals surface area contributed by atoms with Gasteiger partial charge in [-0.15, -0.1) is 0 Å². The second kappa shape index (κ2) is 56.7. The summed E-state index contributed by atoms with van der Waals surface area (Å²) in [6.07, 6.45) is 71.7. The second-order valence-electron chi connectivity index (χ2n) is 21.3. The topological polar surface area (TPSA) is 89.8 Å². The number of unbranched alkanes of at least 4 members (excludes halogenated alkanes) is 49. The van der Waals surface area contributed by atoms with Gasteiger partial charge in [0, 0.05) is 0 Å². The zero-order chi connectivity index (χ0) is 47.9. The van der Waals surface area contributed by atoms with Crippen LogP contribution in [0.3, 0.4) is 0 Å². The fourth-order valence-electron chi connectivity index (χ4n) is 9.90. The van der Waals surface area contributed by atoms with Gasteiger partial charge in [-0.3, -0.25) is 4.79 Å². The van der Waals surface area contributed by atoms with E-state index in [0.717, 1.165) is 32.1 Å². The Morgan fingerprint density at radius 1 is 0.364 bits per heavy atom. The maximum absolute atomic E-state index is 12.6. The van der Waals surface area contributed by atoms with Crippen LogP contribution >= 0.6 is 0 Å². The summed E-state index contributed by atoms with van der Waals surface area (Å²) in [5.41, 5.74) is 0. The maximum Gasteiger partial charge on any atom is 0.249 e. The van der Waals surface area contributed by atoms with Crippen LogP contribution in [0.2, 0.25) is 0 Å². The summed E-state index contributed by atoms with van der Waals surface area (Å²) in [6, 6.07) is -0.795. The molecule has 0 aromatic heterocycles. The molecule has 5 nitrogen and oxygen atoms in total. The minimum atomic E-state index is -1.09. The number of carbonyl (C=O) groups excluding carboxylic acids is 1. The zero-order valence-corrected chi connectivity index (χ0v) is 45.1. The second-order valence-corrected chi connectivity index (χ2v) is 21.3. The Labute approximate surface area is 414 Å². The highest BCUT2D eigenvalue weighted by molar-refractivity contribution is 5.80. The minimum absolute atomic E-state index is 0.358. The van der Waals surface area contributed by atoms with Crippen molar-refractivity contribution >= 4 is 5.91 Å². The molecule has 0 aromatic carbocycles. The Kier molecular flexibility index (Phi) is 55.9. The first-order valence-corrected chi connectivity index (χ1v) is 30.5. The molecule has 0 aliphatic heterocycles. The van der Waals surface area contributed by atoms with E-state index in [1.54, 1.807) is 6.08 Å². The molecule has 4 N–H and O–H groups in total. The molecule has 0 bridgehead atoms. The molecule has 5 heteroatoms. The quantitative estimate of drug-likeness (QED) is 0.0361. The molecule has 1 amide bonds. The van der Waals surface area contributed by atoms with E-state index in [1.807, 2.05) is 6.08 Å². The Bertz CT molecular complexity index is 940. The number of aliphatic hydroxyl groups excluding tert-OH is 3. The lowest BCUT2D eigenvalue weighted by molar-refractivity contribution is -0.131. The third kappa shape index (κ3) is 51.0. The number of aliphatic hydroxyl groups is 3. The van der Waals surface area contributed by atoms with Crippen molar-refractivity contribution in [3.05, 3.63) is 12.2 Å². The average Bonchev–Trinajstić information content (AvgIpc) is 3.32. The van der Waals surface area contributed by atoms with Crippen LogP contribution in [0.1, 0.15) is 348 Å². The average molecular weight is 933 g/mol. The predicted octanol–water partition coefficient (Wildman–Crippen LogP) is 19.1. The van der Waals surface area contributed by atoms with Gasteiger partial charge in [-0.05, 0) is 19.3 Å². The molecule has 0 fully saturated rings. The molecule has 0 heterocycles. The Morgan fingerprint density at radius 2 is 0.591 bits per heavy atom. The van der Waals surface area contributed by atoms with E-state index in [0.29, 0.717) is 6.42 Å². The highest BCUT2D eigenvalue weighted by atomic mass is 16.3. The van der Waals surface area contributed by atoms with Crippen LogP contribution < -0.4 is 5.32 Å². The molecule has 0 saturated carbocycles. The van der Waals surface area contributed by atoms with Gasteiger partial charge in [-0.2, -0.15) is 0 Å². The maximum atomic E-state index is 12.6. The lowest BCUT2D eigenvalue weighted by Crippen LogP contribution is -2.48. The summed E-state index contributed by atoms with van der Waals surface area (Å²) >= 11 is 0. The highest BCUT2D eigenvalue weighted by Gasteiger charge is 2.22. The molecule has 3 atom stereocenters. The van der Waals surface area contributed by atoms with Gasteiger partial charge in [0.1, 0.15) is 6.10 Å². The largest absolute Gasteiger partial charge is 0.394 e. The van der Waals surface area contributed by atoms with Gasteiger partial charge in [0.15, 0.2) is 0 Å². The first-order chi connectivity index (χ1) is 32.6. The fourth-order valence-corrected chi connectivity index (χ4v) is 9.90. The molecule has 394 valence electrons. The summed E-state index contributed by atoms with van der Waals surface area (Å²) in [5, 5.41) is 33.5. The van der Waals surface area contributed by atoms with Crippen molar-refractivity contribution < 1.29 is 20.1 Å². The zero-order valence-electron chi connectivity index (χ0n) is 45.1. The molecule has 0 radical (unpaired) electrons. The van der Waals surface area contributed by atoms with Crippen molar-refractivity contribution in [3.8, 4) is 0 Å². The van der Waals surface area contributed by atoms with Gasteiger partial charge in [-0.25, -0.2) is 0 Å². The van der Waals surface area contributed by atoms with E-state index in [9.17, 15) is 20.1 Å². The molecule has 0 aromatic rings. The first-order valence-electron chi connectivity index (χ1n) is 30.5. The molecular formula is C61H121NO4. The molecule has 0 spiro atoms. The number of allylic oxidation sites excluding steroid dienone is 1. The van der Waals surface area contributed by atoms with Gasteiger partial charge in [0.25, 0.3) is 0 Å². The number of hydrogen-bond donors (Lipinski definition) is 4. The van der Waals surface area contributed by atoms with Gasteiger partial charge in [0.05, 0.1) is 18.8 Å². The van der Waals surface area contributed by atoms with Crippen LogP contribution in [0.15, 0.2) is 12.2 Å². The Hall–Kier alpha value is -0.910. The summed E-state index contributed by atoms with van der Waals surface area (Å²) < 4.78 is 0. The number of hydrogen-bond acceptors (Lipinski definition) is 4. The summed E-state index contributed by atoms with van der Waals surface area (Å²) in [7, 11) is 0. The number of amides is 1. The van der Waals surface area contributed by atoms with Crippen LogP contribution in [0.4, 0.5) is 0 Å². The normalized spacial score (nSPS) is 13.2. The smallest absolute Gasteiger partial charge is 0.249 e. The van der Waals surface area contributed by atoms with Crippen LogP contribution in [0, 0.1) is 0 Å². The Balaban J connectivity index is 3.51. The highest BCUT2D eigenvalue weighted by Crippen LogP contribution is 2.19. The molecule has 3 unspecified atom stereocenters. The van der Waals surface area contributed by atoms with Crippen LogP contribution in [-0.2, 0) is 4.79 Å². The number of carbonyl (C=O) groups is 1. The van der Waals surface area contributed by atoms with E-state index in [-0.39, 0.29) is 6.61 Å². The van der Waals surface area contributed by atoms with Crippen molar-refractivity contribution in [2.75, 3.05) is 6.61 Å². The van der Waals surface area contributed by atoms with Gasteiger partial charge in [-0.1, -0.05) is 341 Å². The minimum Gasteiger partial charge on any atom is -0.394 e. The standard InChI is InChI=1S/C61H121NO4/c1-3-5-7-9-11-13-15-17-19-21-23-25-27-29-30-32-34-36-38-40-42-44-46-48-50-52-54-56-60(65)61(66)62-58(57-63)59(64)55-53-51-49-47-45-43-41-39-37-35-33-31-28-26-24-22-20-18-16-14-12-10-8-6-4-2/h53,55,58-60,63-65H,3-52,54,56-57H2,1-2H3,(H,62,66)/b55-53+. The number of rotatable bonds is 57. The van der Waals surface area contributed by atoms with Crippen molar-refractivity contribution in [1.29, 1.82) is 0 Å². The van der Waals surface area contributed by atoms with Gasteiger partial charge < -0.3 is 20.6 Å². The SMILES string of the molecule is CCCCCCCCCCCCCCCCCCCCCCCCC/C=C/C(O)C(CO)NC(=O)C(O)CCCCCCCCCCCCCCCCCCCCCCCCCCCCC. The van der Waals surface area contributed by atoms with Gasteiger partial charge in [0.2, 0.25) is 5.91 Å². The molecular weight excluding hydrogens is 811 g/mol. The lowest BCUT2D eigenvalue weighted by atomic mass is 10.0. The first kappa shape index (κ1) is 65.1. The van der Waals surface area contributed by atoms with Crippen LogP contribution in [-0.4, -0.2) is 46.1 Å². The molecule has 0 aliphatic rings. The van der Waals surface area contributed by atoms with E-state index in [1.165, 1.54) is 295 Å². The molecule has 66 heavy (non-hydrogen) atoms. The summed E-state index contributed by atoms with van der Waals surface area (Å²) in [6.45, 7) is 4.23. The fraction of sp³-hybridized carbons (Fsp3) is 0.951. The van der Waals surface area contributed by atoms with E-state index < -0.39 is 24.2 Å². The van der Waals surface area contributed by atoms with E-state index in [2.05, 4.69) is 19.2 Å². The van der Waals surface area contributed by atoms with Crippen molar-refractivity contribution in [1.82, 2.24) is 5.32 Å². The van der Waals surface area contributed by atoms with Crippen molar-refractivity contribution in [3.63, 3.8) is 0 Å². The lowest BCUT2D eigenvalue weighted by Gasteiger charge is -2.21. The summed E-state index contributed by atoms with van der Waals surface area (Å²) in [4.78, 5) is 12.6. The van der Waals surface area contributed by atoms with Crippen molar-refractivity contribution in [2.45, 2.75) is 366 Å². The molecule has 0 saturated heterocycles. The van der Waals surface area contributed by atoms with Crippen LogP contribution in [0.25, 0.3) is 0 Å². The van der Waals surface area contributed by atoms with E-state index >= 15 is 0 Å². The Morgan fingerprint density at radius 3 is 0.833 bits per heavy atom. The predicted molar refractivity (Wildman–Crippen MR) is 292 cm³/mol. The van der Waals surface area contributed by atoms with Crippen LogP contribution in [0.5, 0.6) is 0 Å². The molecule has 0 rings (SSSR count). The molecule has 0 aliphatic carbocycles. The third-order valence-corrected chi connectivity index (χ3v) is 14.6. The van der Waals surface area contributed by atoms with E-state index in [4.69, 9.17) is 0 Å². The number of nitrogens with one attached hydrogen (secondary N) is 1. The summed E-state index contributed by atoms with van der Waals surface area (Å²) in [5.74, 6) is -0.494. The van der Waals surface area contributed by atoms with Gasteiger partial charge >= 0.3 is 0 Å². The third-order valence-electron chi connectivity index (χ3n) is 14.6.